The average Bonchev–Trinajstić information content (AvgIpc) is 3.06. The van der Waals surface area contributed by atoms with Crippen molar-refractivity contribution in [2.24, 2.45) is 17.8 Å². The van der Waals surface area contributed by atoms with Gasteiger partial charge < -0.3 is 28.7 Å². The molecule has 178 valence electrons. The first-order chi connectivity index (χ1) is 15.0. The molecule has 5 atom stereocenters. The van der Waals surface area contributed by atoms with E-state index in [0.29, 0.717) is 24.5 Å². The summed E-state index contributed by atoms with van der Waals surface area (Å²) >= 11 is 0. The lowest BCUT2D eigenvalue weighted by molar-refractivity contribution is -0.153. The summed E-state index contributed by atoms with van der Waals surface area (Å²) in [6.07, 6.45) is 5.64. The number of urea groups is 1. The standard InChI is InChI=1S/C23H41N3O5/c1-16(2)13-26(23(27)25-9-5-19(28-3)6-10-25)8-4-7-24-15-30-21-18-11-17-12-20(21)31-22(17)29-14-18/h16-22,24H,4-15H2,1-3H3. The number of carbonyl (C=O) groups excluding carboxylic acids is 1. The maximum Gasteiger partial charge on any atom is 0.320 e. The molecule has 3 bridgehead atoms. The summed E-state index contributed by atoms with van der Waals surface area (Å²) < 4.78 is 23.4. The fourth-order valence-corrected chi connectivity index (χ4v) is 5.60. The molecule has 0 aromatic heterocycles. The molecule has 4 rings (SSSR count). The average molecular weight is 440 g/mol. The molecule has 3 heterocycles. The minimum Gasteiger partial charge on any atom is -0.381 e. The molecule has 1 saturated carbocycles. The number of rotatable bonds is 10. The van der Waals surface area contributed by atoms with E-state index in [9.17, 15) is 4.79 Å². The third-order valence-electron chi connectivity index (χ3n) is 7.20. The quantitative estimate of drug-likeness (QED) is 0.416. The number of likely N-dealkylation sites (tertiary alicyclic amines) is 1. The molecule has 4 aliphatic rings. The van der Waals surface area contributed by atoms with E-state index in [1.807, 2.05) is 9.80 Å². The SMILES string of the molecule is COC1CCN(C(=O)N(CCCNCOC2C3COC4OC2CC4C3)CC(C)C)CC1. The van der Waals surface area contributed by atoms with E-state index in [1.165, 1.54) is 6.42 Å². The smallest absolute Gasteiger partial charge is 0.320 e. The van der Waals surface area contributed by atoms with Crippen LogP contribution in [0.1, 0.15) is 46.0 Å². The van der Waals surface area contributed by atoms with Gasteiger partial charge in [-0.25, -0.2) is 4.79 Å². The van der Waals surface area contributed by atoms with Crippen LogP contribution < -0.4 is 5.32 Å². The number of piperidine rings is 1. The number of fused-ring (bicyclic) bond motifs is 2. The van der Waals surface area contributed by atoms with Crippen LogP contribution in [0.5, 0.6) is 0 Å². The highest BCUT2D eigenvalue weighted by molar-refractivity contribution is 5.74. The third-order valence-corrected chi connectivity index (χ3v) is 7.20. The van der Waals surface area contributed by atoms with Crippen LogP contribution in [0.2, 0.25) is 0 Å². The lowest BCUT2D eigenvalue weighted by Gasteiger charge is -2.37. The Morgan fingerprint density at radius 3 is 2.77 bits per heavy atom. The molecule has 8 nitrogen and oxygen atoms in total. The predicted octanol–water partition coefficient (Wildman–Crippen LogP) is 2.28. The second-order valence-electron chi connectivity index (χ2n) is 10.0. The molecule has 3 saturated heterocycles. The third kappa shape index (κ3) is 5.71. The van der Waals surface area contributed by atoms with E-state index in [1.54, 1.807) is 7.11 Å². The highest BCUT2D eigenvalue weighted by Gasteiger charge is 2.52. The van der Waals surface area contributed by atoms with Crippen LogP contribution in [0.25, 0.3) is 0 Å². The Hall–Kier alpha value is -0.930. The van der Waals surface area contributed by atoms with Crippen molar-refractivity contribution < 1.29 is 23.7 Å². The van der Waals surface area contributed by atoms with Gasteiger partial charge in [-0.2, -0.15) is 0 Å². The zero-order chi connectivity index (χ0) is 21.8. The van der Waals surface area contributed by atoms with Gasteiger partial charge >= 0.3 is 6.03 Å². The van der Waals surface area contributed by atoms with Gasteiger partial charge in [0.1, 0.15) is 0 Å². The maximum absolute atomic E-state index is 13.0. The summed E-state index contributed by atoms with van der Waals surface area (Å²) in [4.78, 5) is 17.0. The fourth-order valence-electron chi connectivity index (χ4n) is 5.60. The maximum atomic E-state index is 13.0. The minimum absolute atomic E-state index is 0.00701. The number of hydrogen-bond acceptors (Lipinski definition) is 6. The summed E-state index contributed by atoms with van der Waals surface area (Å²) in [5.74, 6) is 1.49. The lowest BCUT2D eigenvalue weighted by atomic mass is 9.78. The van der Waals surface area contributed by atoms with Crippen LogP contribution in [0.15, 0.2) is 0 Å². The van der Waals surface area contributed by atoms with Gasteiger partial charge in [0.05, 0.1) is 31.6 Å². The molecule has 0 spiro atoms. The molecular formula is C23H41N3O5. The van der Waals surface area contributed by atoms with Crippen LogP contribution in [-0.2, 0) is 18.9 Å². The van der Waals surface area contributed by atoms with Gasteiger partial charge in [-0.05, 0) is 44.6 Å². The number of hydrogen-bond donors (Lipinski definition) is 1. The second-order valence-corrected chi connectivity index (χ2v) is 10.0. The molecule has 2 amide bonds. The Morgan fingerprint density at radius 1 is 1.23 bits per heavy atom. The summed E-state index contributed by atoms with van der Waals surface area (Å²) in [5.41, 5.74) is 0. The molecule has 0 aromatic rings. The first kappa shape index (κ1) is 23.2. The van der Waals surface area contributed by atoms with Crippen molar-refractivity contribution in [3.05, 3.63) is 0 Å². The van der Waals surface area contributed by atoms with Crippen LogP contribution in [0, 0.1) is 17.8 Å². The van der Waals surface area contributed by atoms with E-state index in [0.717, 1.165) is 65.0 Å². The Morgan fingerprint density at radius 2 is 2.03 bits per heavy atom. The molecule has 0 radical (unpaired) electrons. The van der Waals surface area contributed by atoms with E-state index in [-0.39, 0.29) is 30.6 Å². The first-order valence-electron chi connectivity index (χ1n) is 12.2. The highest BCUT2D eigenvalue weighted by atomic mass is 16.7. The van der Waals surface area contributed by atoms with Crippen molar-refractivity contribution >= 4 is 6.03 Å². The number of nitrogens with one attached hydrogen (secondary N) is 1. The van der Waals surface area contributed by atoms with E-state index in [2.05, 4.69) is 19.2 Å². The van der Waals surface area contributed by atoms with Crippen LogP contribution in [0.3, 0.4) is 0 Å². The van der Waals surface area contributed by atoms with Crippen LogP contribution in [0.4, 0.5) is 4.79 Å². The van der Waals surface area contributed by atoms with Gasteiger partial charge in [-0.3, -0.25) is 5.32 Å². The second kappa shape index (κ2) is 10.8. The van der Waals surface area contributed by atoms with Crippen molar-refractivity contribution in [3.63, 3.8) is 0 Å². The molecule has 31 heavy (non-hydrogen) atoms. The molecular weight excluding hydrogens is 398 g/mol. The molecule has 8 heteroatoms. The van der Waals surface area contributed by atoms with Gasteiger partial charge in [-0.15, -0.1) is 0 Å². The predicted molar refractivity (Wildman–Crippen MR) is 117 cm³/mol. The van der Waals surface area contributed by atoms with E-state index < -0.39 is 0 Å². The zero-order valence-electron chi connectivity index (χ0n) is 19.5. The van der Waals surface area contributed by atoms with Crippen molar-refractivity contribution in [1.82, 2.24) is 15.1 Å². The van der Waals surface area contributed by atoms with Crippen molar-refractivity contribution in [1.29, 1.82) is 0 Å². The van der Waals surface area contributed by atoms with Crippen LogP contribution >= 0.6 is 0 Å². The largest absolute Gasteiger partial charge is 0.381 e. The summed E-state index contributed by atoms with van der Waals surface area (Å²) in [6.45, 7) is 9.59. The Bertz CT molecular complexity index is 576. The number of methoxy groups -OCH3 is 1. The Kier molecular flexibility index (Phi) is 8.09. The topological polar surface area (TPSA) is 72.5 Å². The number of carbonyl (C=O) groups is 1. The zero-order valence-corrected chi connectivity index (χ0v) is 19.5. The van der Waals surface area contributed by atoms with Crippen LogP contribution in [-0.4, -0.2) is 93.6 Å². The fraction of sp³-hybridized carbons (Fsp3) is 0.957. The highest BCUT2D eigenvalue weighted by Crippen LogP contribution is 2.46. The van der Waals surface area contributed by atoms with Crippen molar-refractivity contribution in [2.75, 3.05) is 53.2 Å². The van der Waals surface area contributed by atoms with Gasteiger partial charge in [-0.1, -0.05) is 13.8 Å². The minimum atomic E-state index is 0.00701. The van der Waals surface area contributed by atoms with Gasteiger partial charge in [0.2, 0.25) is 0 Å². The van der Waals surface area contributed by atoms with Gasteiger partial charge in [0.15, 0.2) is 6.29 Å². The molecule has 4 fully saturated rings. The van der Waals surface area contributed by atoms with Gasteiger partial charge in [0.25, 0.3) is 0 Å². The molecule has 0 aromatic carbocycles. The monoisotopic (exact) mass is 439 g/mol. The van der Waals surface area contributed by atoms with Crippen molar-refractivity contribution in [2.45, 2.75) is 70.6 Å². The number of amides is 2. The summed E-state index contributed by atoms with van der Waals surface area (Å²) in [7, 11) is 1.76. The number of ether oxygens (including phenoxy) is 4. The molecule has 3 aliphatic heterocycles. The lowest BCUT2D eigenvalue weighted by Crippen LogP contribution is -2.49. The number of nitrogens with zero attached hydrogens (tertiary/aromatic N) is 2. The van der Waals surface area contributed by atoms with E-state index in [4.69, 9.17) is 18.9 Å². The van der Waals surface area contributed by atoms with E-state index >= 15 is 0 Å². The molecule has 1 aliphatic carbocycles. The Labute approximate surface area is 186 Å². The summed E-state index contributed by atoms with van der Waals surface area (Å²) in [5, 5.41) is 3.40. The first-order valence-corrected chi connectivity index (χ1v) is 12.2. The molecule has 1 N–H and O–H groups in total. The Balaban J connectivity index is 1.15. The van der Waals surface area contributed by atoms with Crippen molar-refractivity contribution in [3.8, 4) is 0 Å². The molecule has 5 unspecified atom stereocenters. The summed E-state index contributed by atoms with van der Waals surface area (Å²) in [6, 6.07) is 0.172. The normalized spacial score (nSPS) is 32.8. The van der Waals surface area contributed by atoms with Gasteiger partial charge in [0, 0.05) is 45.1 Å².